The monoisotopic (exact) mass is 549 g/mol. The summed E-state index contributed by atoms with van der Waals surface area (Å²) in [6.45, 7) is 11.8. The second kappa shape index (κ2) is 12.2. The van der Waals surface area contributed by atoms with Crippen LogP contribution in [0.1, 0.15) is 41.5 Å². The Kier molecular flexibility index (Phi) is 9.28. The summed E-state index contributed by atoms with van der Waals surface area (Å²) in [7, 11) is -1.90. The molecule has 1 heterocycles. The lowest BCUT2D eigenvalue weighted by molar-refractivity contribution is 0.102. The zero-order valence-electron chi connectivity index (χ0n) is 22.2. The van der Waals surface area contributed by atoms with E-state index < -0.39 is 14.2 Å². The number of hydrogen-bond acceptors (Lipinski definition) is 6. The van der Waals surface area contributed by atoms with Crippen LogP contribution in [-0.2, 0) is 4.43 Å². The largest absolute Gasteiger partial charge is 0.415 e. The molecular formula is C28H32ClN5O3Si. The minimum atomic E-state index is -1.90. The van der Waals surface area contributed by atoms with Gasteiger partial charge in [0, 0.05) is 22.5 Å². The van der Waals surface area contributed by atoms with Crippen LogP contribution in [0, 0.1) is 11.5 Å². The second-order valence-electron chi connectivity index (χ2n) is 10.2. The van der Waals surface area contributed by atoms with E-state index in [4.69, 9.17) is 16.0 Å². The molecule has 1 aromatic heterocycles. The third-order valence-corrected chi connectivity index (χ3v) is 11.4. The van der Waals surface area contributed by atoms with Crippen LogP contribution >= 0.6 is 11.6 Å². The van der Waals surface area contributed by atoms with Crippen molar-refractivity contribution in [1.29, 1.82) is 5.26 Å². The van der Waals surface area contributed by atoms with Crippen LogP contribution < -0.4 is 15.5 Å². The van der Waals surface area contributed by atoms with E-state index in [2.05, 4.69) is 55.7 Å². The molecule has 0 atom stereocenters. The molecule has 0 aliphatic carbocycles. The number of pyridine rings is 1. The first-order valence-corrected chi connectivity index (χ1v) is 15.4. The number of carbonyl (C=O) groups is 2. The van der Waals surface area contributed by atoms with Gasteiger partial charge >= 0.3 is 0 Å². The molecule has 2 aromatic carbocycles. The Bertz CT molecular complexity index is 1320. The van der Waals surface area contributed by atoms with Crippen LogP contribution in [0.3, 0.4) is 0 Å². The molecule has 0 aliphatic rings. The molecule has 0 saturated carbocycles. The normalized spacial score (nSPS) is 11.4. The molecule has 0 saturated heterocycles. The highest BCUT2D eigenvalue weighted by Gasteiger charge is 2.37. The van der Waals surface area contributed by atoms with Gasteiger partial charge in [0.05, 0.1) is 36.3 Å². The highest BCUT2D eigenvalue weighted by Crippen LogP contribution is 2.36. The fourth-order valence-electron chi connectivity index (χ4n) is 3.26. The summed E-state index contributed by atoms with van der Waals surface area (Å²) >= 11 is 5.89. The summed E-state index contributed by atoms with van der Waals surface area (Å²) in [5.74, 6) is -0.798. The van der Waals surface area contributed by atoms with Crippen LogP contribution in [0.15, 0.2) is 67.0 Å². The average molecular weight is 550 g/mol. The van der Waals surface area contributed by atoms with Crippen molar-refractivity contribution in [2.24, 2.45) is 0 Å². The van der Waals surface area contributed by atoms with Crippen molar-refractivity contribution in [3.63, 3.8) is 0 Å². The highest BCUT2D eigenvalue weighted by molar-refractivity contribution is 6.74. The van der Waals surface area contributed by atoms with E-state index in [1.54, 1.807) is 53.4 Å². The third-order valence-electron chi connectivity index (χ3n) is 6.56. The second-order valence-corrected chi connectivity index (χ2v) is 15.5. The predicted molar refractivity (Wildman–Crippen MR) is 154 cm³/mol. The molecule has 3 aromatic rings. The molecule has 0 fully saturated rings. The minimum Gasteiger partial charge on any atom is -0.415 e. The summed E-state index contributed by atoms with van der Waals surface area (Å²) in [5.41, 5.74) is 2.17. The smallest absolute Gasteiger partial charge is 0.257 e. The number of benzene rings is 2. The zero-order valence-corrected chi connectivity index (χ0v) is 24.0. The maximum absolute atomic E-state index is 13.0. The standard InChI is InChI=1S/C28H32ClN5O3Si/c1-28(2,3)38(4,5)37-17-16-34(19-30)23-12-10-22(11-13-23)32-27(36)24-14-15-31-18-25(24)33-26(35)20-6-8-21(29)9-7-20/h6-15,18H,16-17H2,1-5H3,(H,32,36)(H,33,35). The van der Waals surface area contributed by atoms with E-state index >= 15 is 0 Å². The number of anilines is 3. The van der Waals surface area contributed by atoms with Gasteiger partial charge in [0.1, 0.15) is 0 Å². The summed E-state index contributed by atoms with van der Waals surface area (Å²) < 4.78 is 6.19. The van der Waals surface area contributed by atoms with Crippen LogP contribution in [0.25, 0.3) is 0 Å². The molecule has 8 nitrogen and oxygen atoms in total. The maximum Gasteiger partial charge on any atom is 0.257 e. The number of rotatable bonds is 9. The molecule has 0 spiro atoms. The Morgan fingerprint density at radius 3 is 2.29 bits per heavy atom. The van der Waals surface area contributed by atoms with Gasteiger partial charge < -0.3 is 15.1 Å². The summed E-state index contributed by atoms with van der Waals surface area (Å²) in [6, 6.07) is 14.9. The SMILES string of the molecule is CC(C)(C)[Si](C)(C)OCCN(C#N)c1ccc(NC(=O)c2ccncc2NC(=O)c2ccc(Cl)cc2)cc1. The fraction of sp³-hybridized carbons (Fsp3) is 0.286. The summed E-state index contributed by atoms with van der Waals surface area (Å²) in [4.78, 5) is 31.2. The summed E-state index contributed by atoms with van der Waals surface area (Å²) in [5, 5.41) is 15.8. The van der Waals surface area contributed by atoms with Gasteiger partial charge in [0.2, 0.25) is 0 Å². The van der Waals surface area contributed by atoms with Crippen LogP contribution in [-0.4, -0.2) is 38.3 Å². The summed E-state index contributed by atoms with van der Waals surface area (Å²) in [6.07, 6.45) is 5.10. The maximum atomic E-state index is 13.0. The molecule has 0 aliphatic heterocycles. The van der Waals surface area contributed by atoms with E-state index in [0.29, 0.717) is 35.1 Å². The van der Waals surface area contributed by atoms with E-state index in [0.717, 1.165) is 0 Å². The molecule has 0 radical (unpaired) electrons. The first-order valence-electron chi connectivity index (χ1n) is 12.1. The first kappa shape index (κ1) is 28.9. The number of carbonyl (C=O) groups excluding carboxylic acids is 2. The lowest BCUT2D eigenvalue weighted by Crippen LogP contribution is -2.42. The molecule has 3 rings (SSSR count). The van der Waals surface area contributed by atoms with Gasteiger partial charge in [0.25, 0.3) is 11.8 Å². The van der Waals surface area contributed by atoms with E-state index in [1.165, 1.54) is 18.5 Å². The highest BCUT2D eigenvalue weighted by atomic mass is 35.5. The average Bonchev–Trinajstić information content (AvgIpc) is 2.87. The van der Waals surface area contributed by atoms with Gasteiger partial charge in [-0.2, -0.15) is 5.26 Å². The zero-order chi connectivity index (χ0) is 27.9. The van der Waals surface area contributed by atoms with Crippen molar-refractivity contribution in [2.45, 2.75) is 38.9 Å². The number of nitrogens with zero attached hydrogens (tertiary/aromatic N) is 3. The van der Waals surface area contributed by atoms with E-state index in [1.807, 2.05) is 0 Å². The fourth-order valence-corrected chi connectivity index (χ4v) is 4.42. The van der Waals surface area contributed by atoms with Crippen molar-refractivity contribution >= 4 is 48.8 Å². The molecule has 0 bridgehead atoms. The number of nitriles is 1. The molecular weight excluding hydrogens is 518 g/mol. The van der Waals surface area contributed by atoms with Gasteiger partial charge in [-0.05, 0) is 72.7 Å². The number of halogens is 1. The van der Waals surface area contributed by atoms with E-state index in [9.17, 15) is 14.9 Å². The minimum absolute atomic E-state index is 0.0949. The van der Waals surface area contributed by atoms with Gasteiger partial charge in [-0.3, -0.25) is 19.5 Å². The third kappa shape index (κ3) is 7.41. The number of nitrogens with one attached hydrogen (secondary N) is 2. The molecule has 2 amide bonds. The van der Waals surface area contributed by atoms with Crippen molar-refractivity contribution in [2.75, 3.05) is 28.7 Å². The van der Waals surface area contributed by atoms with Crippen LogP contribution in [0.5, 0.6) is 0 Å². The number of aromatic nitrogens is 1. The Morgan fingerprint density at radius 2 is 1.68 bits per heavy atom. The Labute approximate surface area is 229 Å². The van der Waals surface area contributed by atoms with Gasteiger partial charge in [-0.25, -0.2) is 0 Å². The van der Waals surface area contributed by atoms with Crippen LogP contribution in [0.4, 0.5) is 17.1 Å². The Morgan fingerprint density at radius 1 is 1.03 bits per heavy atom. The van der Waals surface area contributed by atoms with E-state index in [-0.39, 0.29) is 22.2 Å². The first-order chi connectivity index (χ1) is 17.9. The van der Waals surface area contributed by atoms with Gasteiger partial charge in [-0.15, -0.1) is 0 Å². The molecule has 2 N–H and O–H groups in total. The Balaban J connectivity index is 1.64. The molecule has 0 unspecified atom stereocenters. The molecule has 38 heavy (non-hydrogen) atoms. The topological polar surface area (TPSA) is 107 Å². The van der Waals surface area contributed by atoms with Gasteiger partial charge in [0.15, 0.2) is 14.5 Å². The van der Waals surface area contributed by atoms with Crippen molar-refractivity contribution in [3.05, 3.63) is 83.1 Å². The van der Waals surface area contributed by atoms with Crippen molar-refractivity contribution in [3.8, 4) is 6.19 Å². The molecule has 10 heteroatoms. The Hall–Kier alpha value is -3.71. The van der Waals surface area contributed by atoms with Crippen molar-refractivity contribution < 1.29 is 14.0 Å². The predicted octanol–water partition coefficient (Wildman–Crippen LogP) is 6.55. The van der Waals surface area contributed by atoms with Crippen LogP contribution in [0.2, 0.25) is 23.2 Å². The lowest BCUT2D eigenvalue weighted by atomic mass is 10.1. The van der Waals surface area contributed by atoms with Gasteiger partial charge in [-0.1, -0.05) is 32.4 Å². The number of amides is 2. The molecule has 198 valence electrons. The quantitative estimate of drug-likeness (QED) is 0.178. The number of hydrogen-bond donors (Lipinski definition) is 2. The van der Waals surface area contributed by atoms with Crippen molar-refractivity contribution in [1.82, 2.24) is 4.98 Å². The lowest BCUT2D eigenvalue weighted by Gasteiger charge is -2.36.